The number of carbonyl (C=O) groups is 2. The molecule has 0 aliphatic carbocycles. The molecule has 4 heteroatoms. The Hall–Kier alpha value is -1.06. The van der Waals surface area contributed by atoms with Gasteiger partial charge in [0.05, 0.1) is 0 Å². The minimum Gasteiger partial charge on any atom is -0.465 e. The molecule has 0 radical (unpaired) electrons. The van der Waals surface area contributed by atoms with Crippen LogP contribution in [0.2, 0.25) is 0 Å². The van der Waals surface area contributed by atoms with Gasteiger partial charge in [0, 0.05) is 19.0 Å². The molecule has 1 amide bonds. The van der Waals surface area contributed by atoms with Gasteiger partial charge in [-0.25, -0.2) is 4.79 Å². The maximum Gasteiger partial charge on any atom is 0.407 e. The van der Waals surface area contributed by atoms with E-state index < -0.39 is 6.09 Å². The molecule has 0 aromatic heterocycles. The van der Waals surface area contributed by atoms with Crippen molar-refractivity contribution in [1.82, 2.24) is 4.90 Å². The van der Waals surface area contributed by atoms with Crippen molar-refractivity contribution in [3.05, 3.63) is 0 Å². The van der Waals surface area contributed by atoms with Gasteiger partial charge in [-0.05, 0) is 11.8 Å². The molecule has 0 aromatic carbocycles. The Bertz CT molecular complexity index is 205. The van der Waals surface area contributed by atoms with Crippen LogP contribution < -0.4 is 0 Å². The molecule has 2 unspecified atom stereocenters. The highest BCUT2D eigenvalue weighted by molar-refractivity contribution is 5.66. The number of aldehydes is 1. The van der Waals surface area contributed by atoms with Crippen LogP contribution in [-0.2, 0) is 4.79 Å². The molecule has 1 rings (SSSR count). The highest BCUT2D eigenvalue weighted by atomic mass is 16.4. The van der Waals surface area contributed by atoms with Crippen LogP contribution in [0.15, 0.2) is 0 Å². The zero-order valence-electron chi connectivity index (χ0n) is 7.93. The van der Waals surface area contributed by atoms with E-state index in [1.54, 1.807) is 0 Å². The number of rotatable bonds is 1. The average molecular weight is 185 g/mol. The largest absolute Gasteiger partial charge is 0.465 e. The molecule has 0 spiro atoms. The molecule has 1 N–H and O–H groups in total. The Morgan fingerprint density at radius 2 is 1.85 bits per heavy atom. The summed E-state index contributed by atoms with van der Waals surface area (Å²) in [6, 6.07) is 0. The Morgan fingerprint density at radius 3 is 2.15 bits per heavy atom. The highest BCUT2D eigenvalue weighted by Crippen LogP contribution is 2.26. The molecular weight excluding hydrogens is 170 g/mol. The van der Waals surface area contributed by atoms with Crippen molar-refractivity contribution in [2.24, 2.45) is 17.8 Å². The van der Waals surface area contributed by atoms with Crippen molar-refractivity contribution in [3.63, 3.8) is 0 Å². The SMILES string of the molecule is CC1CN(C(=O)O)CC(C)C1C=O. The molecule has 4 nitrogen and oxygen atoms in total. The van der Waals surface area contributed by atoms with E-state index in [4.69, 9.17) is 5.11 Å². The van der Waals surface area contributed by atoms with Crippen LogP contribution in [0.4, 0.5) is 4.79 Å². The number of hydrogen-bond acceptors (Lipinski definition) is 2. The van der Waals surface area contributed by atoms with Gasteiger partial charge in [-0.3, -0.25) is 0 Å². The molecule has 2 atom stereocenters. The van der Waals surface area contributed by atoms with E-state index >= 15 is 0 Å². The summed E-state index contributed by atoms with van der Waals surface area (Å²) in [5, 5.41) is 8.77. The molecule has 1 saturated heterocycles. The number of amides is 1. The third kappa shape index (κ3) is 1.99. The molecule has 1 aliphatic rings. The first-order valence-corrected chi connectivity index (χ1v) is 4.49. The lowest BCUT2D eigenvalue weighted by molar-refractivity contribution is -0.115. The van der Waals surface area contributed by atoms with E-state index in [9.17, 15) is 9.59 Å². The molecule has 0 saturated carbocycles. The van der Waals surface area contributed by atoms with Crippen molar-refractivity contribution in [2.45, 2.75) is 13.8 Å². The van der Waals surface area contributed by atoms with Crippen LogP contribution in [-0.4, -0.2) is 35.5 Å². The van der Waals surface area contributed by atoms with Gasteiger partial charge < -0.3 is 14.8 Å². The summed E-state index contributed by atoms with van der Waals surface area (Å²) in [6.45, 7) is 4.79. The van der Waals surface area contributed by atoms with Gasteiger partial charge in [0.15, 0.2) is 0 Å². The summed E-state index contributed by atoms with van der Waals surface area (Å²) < 4.78 is 0. The van der Waals surface area contributed by atoms with Gasteiger partial charge >= 0.3 is 6.09 Å². The normalized spacial score (nSPS) is 34.3. The second kappa shape index (κ2) is 3.77. The van der Waals surface area contributed by atoms with Gasteiger partial charge in [0.1, 0.15) is 6.29 Å². The Kier molecular flexibility index (Phi) is 2.90. The van der Waals surface area contributed by atoms with Crippen LogP contribution in [0.1, 0.15) is 13.8 Å². The fourth-order valence-electron chi connectivity index (χ4n) is 2.00. The predicted molar refractivity (Wildman–Crippen MR) is 47.5 cm³/mol. The van der Waals surface area contributed by atoms with Crippen molar-refractivity contribution in [1.29, 1.82) is 0 Å². The summed E-state index contributed by atoms with van der Waals surface area (Å²) in [7, 11) is 0. The van der Waals surface area contributed by atoms with E-state index in [0.29, 0.717) is 13.1 Å². The Balaban J connectivity index is 2.66. The van der Waals surface area contributed by atoms with E-state index in [2.05, 4.69) is 0 Å². The molecule has 13 heavy (non-hydrogen) atoms. The summed E-state index contributed by atoms with van der Waals surface area (Å²) in [5.74, 6) is 0.283. The number of likely N-dealkylation sites (tertiary alicyclic amines) is 1. The summed E-state index contributed by atoms with van der Waals surface area (Å²) in [5.41, 5.74) is 0. The van der Waals surface area contributed by atoms with E-state index in [0.717, 1.165) is 6.29 Å². The van der Waals surface area contributed by atoms with Crippen molar-refractivity contribution < 1.29 is 14.7 Å². The molecule has 1 aliphatic heterocycles. The van der Waals surface area contributed by atoms with Crippen LogP contribution in [0.3, 0.4) is 0 Å². The molecular formula is C9H15NO3. The van der Waals surface area contributed by atoms with E-state index in [1.807, 2.05) is 13.8 Å². The first kappa shape index (κ1) is 10.0. The standard InChI is InChI=1S/C9H15NO3/c1-6-3-10(9(12)13)4-7(2)8(6)5-11/h5-8H,3-4H2,1-2H3,(H,12,13). The maximum atomic E-state index is 10.7. The van der Waals surface area contributed by atoms with Gasteiger partial charge in [-0.15, -0.1) is 0 Å². The number of hydrogen-bond donors (Lipinski definition) is 1. The van der Waals surface area contributed by atoms with Gasteiger partial charge in [-0.1, -0.05) is 13.8 Å². The van der Waals surface area contributed by atoms with E-state index in [-0.39, 0.29) is 17.8 Å². The third-order valence-electron chi connectivity index (χ3n) is 2.76. The fraction of sp³-hybridized carbons (Fsp3) is 0.778. The third-order valence-corrected chi connectivity index (χ3v) is 2.76. The molecule has 74 valence electrons. The van der Waals surface area contributed by atoms with Gasteiger partial charge in [0.25, 0.3) is 0 Å². The first-order chi connectivity index (χ1) is 6.06. The molecule has 1 heterocycles. The number of carboxylic acid groups (broad SMARTS) is 1. The minimum absolute atomic E-state index is 0.00981. The number of piperidine rings is 1. The van der Waals surface area contributed by atoms with Crippen molar-refractivity contribution >= 4 is 12.4 Å². The molecule has 0 bridgehead atoms. The van der Waals surface area contributed by atoms with Crippen LogP contribution >= 0.6 is 0 Å². The summed E-state index contributed by atoms with van der Waals surface area (Å²) in [6.07, 6.45) is 0.0668. The minimum atomic E-state index is -0.886. The first-order valence-electron chi connectivity index (χ1n) is 4.49. The average Bonchev–Trinajstić information content (AvgIpc) is 2.03. The lowest BCUT2D eigenvalue weighted by Crippen LogP contribution is -2.47. The quantitative estimate of drug-likeness (QED) is 0.621. The number of nitrogens with zero attached hydrogens (tertiary/aromatic N) is 1. The second-order valence-electron chi connectivity index (χ2n) is 3.86. The number of carbonyl (C=O) groups excluding carboxylic acids is 1. The molecule has 0 aromatic rings. The Labute approximate surface area is 77.5 Å². The lowest BCUT2D eigenvalue weighted by Gasteiger charge is -2.37. The van der Waals surface area contributed by atoms with Crippen molar-refractivity contribution in [3.8, 4) is 0 Å². The van der Waals surface area contributed by atoms with E-state index in [1.165, 1.54) is 4.90 Å². The maximum absolute atomic E-state index is 10.7. The summed E-state index contributed by atoms with van der Waals surface area (Å²) >= 11 is 0. The Morgan fingerprint density at radius 1 is 1.38 bits per heavy atom. The van der Waals surface area contributed by atoms with Gasteiger partial charge in [-0.2, -0.15) is 0 Å². The zero-order valence-corrected chi connectivity index (χ0v) is 7.93. The molecule has 1 fully saturated rings. The topological polar surface area (TPSA) is 57.6 Å². The highest BCUT2D eigenvalue weighted by Gasteiger charge is 2.33. The monoisotopic (exact) mass is 185 g/mol. The fourth-order valence-corrected chi connectivity index (χ4v) is 2.00. The van der Waals surface area contributed by atoms with Crippen LogP contribution in [0.25, 0.3) is 0 Å². The van der Waals surface area contributed by atoms with Crippen molar-refractivity contribution in [2.75, 3.05) is 13.1 Å². The lowest BCUT2D eigenvalue weighted by atomic mass is 9.81. The zero-order chi connectivity index (χ0) is 10.0. The van der Waals surface area contributed by atoms with Gasteiger partial charge in [0.2, 0.25) is 0 Å². The predicted octanol–water partition coefficient (Wildman–Crippen LogP) is 1.07. The second-order valence-corrected chi connectivity index (χ2v) is 3.86. The van der Waals surface area contributed by atoms with Crippen LogP contribution in [0, 0.1) is 17.8 Å². The van der Waals surface area contributed by atoms with Crippen LogP contribution in [0.5, 0.6) is 0 Å². The summed E-state index contributed by atoms with van der Waals surface area (Å²) in [4.78, 5) is 22.8. The smallest absolute Gasteiger partial charge is 0.407 e.